The van der Waals surface area contributed by atoms with E-state index in [0.29, 0.717) is 12.0 Å². The first-order valence-electron chi connectivity index (χ1n) is 16.8. The molecule has 2 rings (SSSR count). The van der Waals surface area contributed by atoms with Crippen molar-refractivity contribution < 1.29 is 48.1 Å². The number of Topliss-reactive ketones (excluding diaryl/α,β-unsaturated/α-hetero) is 1. The molecule has 2 amide bonds. The monoisotopic (exact) mass is 765 g/mol. The third kappa shape index (κ3) is 13.4. The second-order valence-electron chi connectivity index (χ2n) is 12.6. The number of ketones is 2. The van der Waals surface area contributed by atoms with Gasteiger partial charge in [0.1, 0.15) is 0 Å². The Morgan fingerprint density at radius 2 is 1.78 bits per heavy atom. The Balaban J connectivity index is 2.47. The third-order valence-corrected chi connectivity index (χ3v) is 9.16. The number of fused-ring (bicyclic) bond motifs is 2. The highest BCUT2D eigenvalue weighted by atomic mass is 79.9. The van der Waals surface area contributed by atoms with Crippen molar-refractivity contribution >= 4 is 46.0 Å². The van der Waals surface area contributed by atoms with E-state index in [4.69, 9.17) is 19.0 Å². The molecule has 0 radical (unpaired) electrons. The van der Waals surface area contributed by atoms with Crippen LogP contribution in [0.15, 0.2) is 58.5 Å². The fraction of sp³-hybridized carbons (Fsp3) is 0.583. The minimum atomic E-state index is -0.992. The zero-order valence-electron chi connectivity index (χ0n) is 29.8. The number of carbonyl (C=O) groups is 5. The molecular weight excluding hydrogens is 714 g/mol. The molecule has 0 saturated carbocycles. The zero-order valence-corrected chi connectivity index (χ0v) is 31.4. The summed E-state index contributed by atoms with van der Waals surface area (Å²) in [4.78, 5) is 69.0. The predicted octanol–water partition coefficient (Wildman–Crippen LogP) is 4.42. The lowest BCUT2D eigenvalue weighted by Gasteiger charge is -2.30. The molecule has 1 aliphatic carbocycles. The SMILES string of the molecule is CO[C@H]1/C=C\C=C(/C)C(=O)NC2=CC(=O)C(NC(=O)OCCCCCCCBr)=C(C[C@@H](C)C[C@H](OC)[C@H](O)[C@@H](C)/C=C(\C)[C@@H]1NOC=O)C2=O. The van der Waals surface area contributed by atoms with Crippen molar-refractivity contribution in [1.29, 1.82) is 0 Å². The molecule has 0 unspecified atom stereocenters. The molecule has 50 heavy (non-hydrogen) atoms. The third-order valence-electron chi connectivity index (χ3n) is 8.60. The molecule has 14 heteroatoms. The molecule has 0 aromatic carbocycles. The lowest BCUT2D eigenvalue weighted by atomic mass is 9.85. The van der Waals surface area contributed by atoms with Gasteiger partial charge in [0.05, 0.1) is 42.4 Å². The number of hydrogen-bond acceptors (Lipinski definition) is 11. The smallest absolute Gasteiger partial charge is 0.411 e. The van der Waals surface area contributed by atoms with Gasteiger partial charge in [-0.2, -0.15) is 0 Å². The van der Waals surface area contributed by atoms with E-state index >= 15 is 0 Å². The topological polar surface area (TPSA) is 179 Å². The van der Waals surface area contributed by atoms with E-state index in [9.17, 15) is 29.1 Å². The van der Waals surface area contributed by atoms with E-state index in [1.54, 1.807) is 19.1 Å². The first kappa shape index (κ1) is 42.7. The molecule has 0 aromatic heterocycles. The number of allylic oxidation sites excluding steroid dienone is 4. The van der Waals surface area contributed by atoms with Crippen LogP contribution in [0.5, 0.6) is 0 Å². The average Bonchev–Trinajstić information content (AvgIpc) is 3.08. The van der Waals surface area contributed by atoms with Gasteiger partial charge in [-0.15, -0.1) is 5.48 Å². The van der Waals surface area contributed by atoms with Crippen LogP contribution in [-0.4, -0.2) is 85.7 Å². The van der Waals surface area contributed by atoms with E-state index in [1.165, 1.54) is 27.2 Å². The molecule has 278 valence electrons. The maximum atomic E-state index is 13.8. The number of halogens is 1. The number of unbranched alkanes of at least 4 members (excludes halogenated alkanes) is 4. The summed E-state index contributed by atoms with van der Waals surface area (Å²) in [6.45, 7) is 7.38. The summed E-state index contributed by atoms with van der Waals surface area (Å²) in [5.74, 6) is -2.69. The minimum absolute atomic E-state index is 0.00614. The number of amides is 2. The van der Waals surface area contributed by atoms with Crippen LogP contribution >= 0.6 is 15.9 Å². The fourth-order valence-corrected chi connectivity index (χ4v) is 6.16. The number of methoxy groups -OCH3 is 2. The Morgan fingerprint density at radius 1 is 1.08 bits per heavy atom. The lowest BCUT2D eigenvalue weighted by molar-refractivity contribution is -0.138. The molecule has 0 spiro atoms. The number of hydroxylamine groups is 1. The number of hydrogen-bond donors (Lipinski definition) is 4. The van der Waals surface area contributed by atoms with Gasteiger partial charge in [0.25, 0.3) is 5.91 Å². The Hall–Kier alpha value is -3.43. The van der Waals surface area contributed by atoms with Crippen molar-refractivity contribution in [2.45, 2.75) is 97.0 Å². The number of carbonyl (C=O) groups excluding carboxylic acids is 5. The van der Waals surface area contributed by atoms with Gasteiger partial charge >= 0.3 is 12.6 Å². The number of ether oxygens (including phenoxy) is 3. The minimum Gasteiger partial charge on any atom is -0.449 e. The van der Waals surface area contributed by atoms with Crippen molar-refractivity contribution in [3.8, 4) is 0 Å². The summed E-state index contributed by atoms with van der Waals surface area (Å²) in [6, 6.07) is -0.651. The van der Waals surface area contributed by atoms with Crippen molar-refractivity contribution in [3.05, 3.63) is 58.5 Å². The highest BCUT2D eigenvalue weighted by Crippen LogP contribution is 2.28. The lowest BCUT2D eigenvalue weighted by Crippen LogP contribution is -2.41. The van der Waals surface area contributed by atoms with Gasteiger partial charge < -0.3 is 29.5 Å². The van der Waals surface area contributed by atoms with Crippen molar-refractivity contribution in [2.75, 3.05) is 26.2 Å². The summed E-state index contributed by atoms with van der Waals surface area (Å²) in [5, 5.41) is 17.3. The number of aliphatic hydroxyl groups is 1. The van der Waals surface area contributed by atoms with Crippen LogP contribution in [0.1, 0.15) is 72.6 Å². The molecule has 0 fully saturated rings. The molecule has 0 aromatic rings. The van der Waals surface area contributed by atoms with E-state index in [2.05, 4.69) is 32.0 Å². The van der Waals surface area contributed by atoms with Gasteiger partial charge in [-0.25, -0.2) is 4.79 Å². The molecule has 2 aliphatic rings. The second kappa shape index (κ2) is 22.4. The first-order chi connectivity index (χ1) is 23.9. The van der Waals surface area contributed by atoms with Crippen molar-refractivity contribution in [1.82, 2.24) is 16.1 Å². The summed E-state index contributed by atoms with van der Waals surface area (Å²) >= 11 is 3.41. The number of alkyl carbamates (subject to hydrolysis) is 1. The van der Waals surface area contributed by atoms with Crippen LogP contribution in [-0.2, 0) is 38.2 Å². The van der Waals surface area contributed by atoms with E-state index in [0.717, 1.165) is 37.1 Å². The number of alkyl halides is 1. The standard InChI is InChI=1S/C36H52BrN3O10/c1-22-17-26-32(39-36(46)49-16-11-9-7-8-10-15-37)28(42)20-27(34(26)44)38-35(45)23(2)13-12-14-29(47-5)31(40-50-21-41)24(3)19-25(4)33(43)30(18-22)48-6/h12-14,19-22,25,29-31,33,40,43H,7-11,15-18H2,1-6H3,(H,38,45)(H,39,46)/b14-12-,23-13+,24-19+/t22-,25+,29+,30+,31+,33-/m1/s1. The molecule has 2 bridgehead atoms. The van der Waals surface area contributed by atoms with E-state index < -0.39 is 53.8 Å². The normalized spacial score (nSPS) is 28.4. The maximum Gasteiger partial charge on any atom is 0.411 e. The molecule has 0 saturated heterocycles. The maximum absolute atomic E-state index is 13.8. The summed E-state index contributed by atoms with van der Waals surface area (Å²) in [5.41, 5.74) is 3.13. The molecule has 13 nitrogen and oxygen atoms in total. The Labute approximate surface area is 303 Å². The average molecular weight is 767 g/mol. The molecule has 6 atom stereocenters. The van der Waals surface area contributed by atoms with Crippen LogP contribution < -0.4 is 16.1 Å². The van der Waals surface area contributed by atoms with Crippen LogP contribution in [0.3, 0.4) is 0 Å². The quantitative estimate of drug-likeness (QED) is 0.0521. The zero-order chi connectivity index (χ0) is 37.2. The fourth-order valence-electron chi connectivity index (χ4n) is 5.76. The predicted molar refractivity (Wildman–Crippen MR) is 191 cm³/mol. The summed E-state index contributed by atoms with van der Waals surface area (Å²) in [7, 11) is 2.94. The van der Waals surface area contributed by atoms with Gasteiger partial charge in [-0.05, 0) is 45.4 Å². The highest BCUT2D eigenvalue weighted by Gasteiger charge is 2.34. The van der Waals surface area contributed by atoms with Gasteiger partial charge in [0, 0.05) is 42.7 Å². The second-order valence-corrected chi connectivity index (χ2v) is 13.4. The largest absolute Gasteiger partial charge is 0.449 e. The van der Waals surface area contributed by atoms with Gasteiger partial charge in [-0.1, -0.05) is 78.9 Å². The number of rotatable bonds is 13. The van der Waals surface area contributed by atoms with Crippen LogP contribution in [0.4, 0.5) is 4.79 Å². The van der Waals surface area contributed by atoms with Crippen molar-refractivity contribution in [3.63, 3.8) is 0 Å². The van der Waals surface area contributed by atoms with Crippen LogP contribution in [0.25, 0.3) is 0 Å². The number of aliphatic hydroxyl groups excluding tert-OH is 1. The summed E-state index contributed by atoms with van der Waals surface area (Å²) in [6.07, 6.45) is 9.32. The molecule has 4 N–H and O–H groups in total. The first-order valence-corrected chi connectivity index (χ1v) is 18.0. The Bertz CT molecular complexity index is 1360. The van der Waals surface area contributed by atoms with Gasteiger partial charge in [0.2, 0.25) is 11.6 Å². The van der Waals surface area contributed by atoms with E-state index in [1.807, 2.05) is 19.9 Å². The summed E-state index contributed by atoms with van der Waals surface area (Å²) < 4.78 is 16.6. The molecular formula is C36H52BrN3O10. The van der Waals surface area contributed by atoms with Gasteiger partial charge in [0.15, 0.2) is 0 Å². The Kier molecular flexibility index (Phi) is 19.1. The molecule has 1 aliphatic heterocycles. The molecule has 1 heterocycles. The Morgan fingerprint density at radius 3 is 2.44 bits per heavy atom. The highest BCUT2D eigenvalue weighted by molar-refractivity contribution is 9.09. The van der Waals surface area contributed by atoms with E-state index in [-0.39, 0.29) is 54.4 Å². The van der Waals surface area contributed by atoms with Crippen molar-refractivity contribution in [2.24, 2.45) is 11.8 Å². The number of nitrogens with one attached hydrogen (secondary N) is 3. The van der Waals surface area contributed by atoms with Gasteiger partial charge in [-0.3, -0.25) is 24.5 Å². The van der Waals surface area contributed by atoms with Crippen LogP contribution in [0, 0.1) is 11.8 Å². The van der Waals surface area contributed by atoms with Crippen LogP contribution in [0.2, 0.25) is 0 Å².